The van der Waals surface area contributed by atoms with Gasteiger partial charge < -0.3 is 15.2 Å². The number of hydrogen-bond donors (Lipinski definition) is 2. The lowest BCUT2D eigenvalue weighted by Gasteiger charge is -2.43. The lowest BCUT2D eigenvalue weighted by molar-refractivity contribution is -0.130. The van der Waals surface area contributed by atoms with E-state index >= 15 is 0 Å². The molecule has 1 aliphatic rings. The van der Waals surface area contributed by atoms with Crippen LogP contribution in [0.5, 0.6) is 5.75 Å². The van der Waals surface area contributed by atoms with Gasteiger partial charge in [0, 0.05) is 19.6 Å². The van der Waals surface area contributed by atoms with Crippen LogP contribution in [0.3, 0.4) is 0 Å². The number of carbonyl (C=O) groups excluding carboxylic acids is 1. The number of aliphatic hydroxyl groups is 1. The van der Waals surface area contributed by atoms with Crippen molar-refractivity contribution < 1.29 is 14.6 Å². The molecule has 0 saturated carbocycles. The van der Waals surface area contributed by atoms with Gasteiger partial charge in [0.15, 0.2) is 0 Å². The van der Waals surface area contributed by atoms with Gasteiger partial charge in [-0.05, 0) is 24.6 Å². The van der Waals surface area contributed by atoms with Crippen molar-refractivity contribution in [2.24, 2.45) is 0 Å². The summed E-state index contributed by atoms with van der Waals surface area (Å²) >= 11 is 0. The number of rotatable bonds is 5. The Bertz CT molecular complexity index is 452. The molecule has 0 bridgehead atoms. The summed E-state index contributed by atoms with van der Waals surface area (Å²) in [6, 6.07) is 7.60. The first-order valence-electron chi connectivity index (χ1n) is 6.33. The molecular formula is C14H20N2O3. The van der Waals surface area contributed by atoms with Crippen LogP contribution < -0.4 is 10.1 Å². The number of amides is 1. The van der Waals surface area contributed by atoms with Crippen LogP contribution in [0.4, 0.5) is 0 Å². The van der Waals surface area contributed by atoms with E-state index in [1.165, 1.54) is 0 Å². The average molecular weight is 264 g/mol. The number of ether oxygens (including phenoxy) is 1. The number of nitrogens with zero attached hydrogens (tertiary/aromatic N) is 1. The van der Waals surface area contributed by atoms with Gasteiger partial charge >= 0.3 is 0 Å². The third-order valence-electron chi connectivity index (χ3n) is 3.12. The van der Waals surface area contributed by atoms with Crippen molar-refractivity contribution in [2.45, 2.75) is 19.1 Å². The zero-order valence-electron chi connectivity index (χ0n) is 11.3. The smallest absolute Gasteiger partial charge is 0.234 e. The first-order valence-corrected chi connectivity index (χ1v) is 6.33. The van der Waals surface area contributed by atoms with Gasteiger partial charge in [-0.3, -0.25) is 9.69 Å². The number of carbonyl (C=O) groups is 1. The quantitative estimate of drug-likeness (QED) is 0.807. The van der Waals surface area contributed by atoms with Crippen molar-refractivity contribution in [1.82, 2.24) is 10.2 Å². The van der Waals surface area contributed by atoms with Gasteiger partial charge in [0.25, 0.3) is 0 Å². The monoisotopic (exact) mass is 264 g/mol. The highest BCUT2D eigenvalue weighted by Gasteiger charge is 2.36. The van der Waals surface area contributed by atoms with E-state index in [0.29, 0.717) is 26.2 Å². The number of β-amino-alcohol motifs (C(OH)–C–C–N with tert-alkyl or cyclic N) is 1. The fourth-order valence-corrected chi connectivity index (χ4v) is 2.27. The van der Waals surface area contributed by atoms with Crippen LogP contribution >= 0.6 is 0 Å². The third-order valence-corrected chi connectivity index (χ3v) is 3.12. The Kier molecular flexibility index (Phi) is 4.07. The Balaban J connectivity index is 1.74. The van der Waals surface area contributed by atoms with E-state index < -0.39 is 5.60 Å². The van der Waals surface area contributed by atoms with Crippen molar-refractivity contribution in [3.8, 4) is 5.75 Å². The maximum atomic E-state index is 11.7. The minimum Gasteiger partial charge on any atom is -0.497 e. The number of likely N-dealkylation sites (tertiary alicyclic amines) is 1. The molecule has 2 rings (SSSR count). The molecule has 104 valence electrons. The number of methoxy groups -OCH3 is 1. The van der Waals surface area contributed by atoms with Crippen molar-refractivity contribution in [3.05, 3.63) is 29.8 Å². The Morgan fingerprint density at radius 1 is 1.53 bits per heavy atom. The summed E-state index contributed by atoms with van der Waals surface area (Å²) in [6.45, 7) is 3.71. The Morgan fingerprint density at radius 3 is 2.89 bits per heavy atom. The summed E-state index contributed by atoms with van der Waals surface area (Å²) in [6.07, 6.45) is 0. The van der Waals surface area contributed by atoms with Crippen LogP contribution in [0.25, 0.3) is 0 Å². The molecule has 0 unspecified atom stereocenters. The van der Waals surface area contributed by atoms with Crippen LogP contribution in [-0.4, -0.2) is 48.3 Å². The van der Waals surface area contributed by atoms with E-state index in [9.17, 15) is 9.90 Å². The standard InChI is InChI=1S/C14H20N2O3/c1-14(18)9-16(10-14)8-13(17)15-7-11-4-3-5-12(6-11)19-2/h3-6,18H,7-10H2,1-2H3,(H,15,17). The van der Waals surface area contributed by atoms with Gasteiger partial charge in [0.05, 0.1) is 19.3 Å². The number of nitrogens with one attached hydrogen (secondary N) is 1. The number of hydrogen-bond acceptors (Lipinski definition) is 4. The van der Waals surface area contributed by atoms with Gasteiger partial charge in [-0.25, -0.2) is 0 Å². The molecule has 1 aromatic carbocycles. The Morgan fingerprint density at radius 2 is 2.26 bits per heavy atom. The molecule has 1 heterocycles. The first-order chi connectivity index (χ1) is 8.98. The van der Waals surface area contributed by atoms with E-state index in [0.717, 1.165) is 11.3 Å². The fraction of sp³-hybridized carbons (Fsp3) is 0.500. The zero-order valence-corrected chi connectivity index (χ0v) is 11.3. The van der Waals surface area contributed by atoms with Gasteiger partial charge in [0.2, 0.25) is 5.91 Å². The van der Waals surface area contributed by atoms with E-state index in [1.54, 1.807) is 14.0 Å². The topological polar surface area (TPSA) is 61.8 Å². The second-order valence-electron chi connectivity index (χ2n) is 5.27. The summed E-state index contributed by atoms with van der Waals surface area (Å²) in [5.74, 6) is 0.754. The van der Waals surface area contributed by atoms with Crippen molar-refractivity contribution in [3.63, 3.8) is 0 Å². The normalized spacial score (nSPS) is 17.6. The van der Waals surface area contributed by atoms with E-state index in [2.05, 4.69) is 5.32 Å². The molecule has 1 aromatic rings. The molecule has 0 aromatic heterocycles. The SMILES string of the molecule is COc1cccc(CNC(=O)CN2CC(C)(O)C2)c1. The van der Waals surface area contributed by atoms with E-state index in [4.69, 9.17) is 4.74 Å². The molecule has 1 amide bonds. The fourth-order valence-electron chi connectivity index (χ4n) is 2.27. The molecule has 2 N–H and O–H groups in total. The lowest BCUT2D eigenvalue weighted by Crippen LogP contribution is -2.61. The molecule has 0 radical (unpaired) electrons. The Labute approximate surface area is 113 Å². The minimum atomic E-state index is -0.632. The van der Waals surface area contributed by atoms with Gasteiger partial charge in [-0.2, -0.15) is 0 Å². The van der Waals surface area contributed by atoms with E-state index in [-0.39, 0.29) is 5.91 Å². The minimum absolute atomic E-state index is 0.0293. The maximum absolute atomic E-state index is 11.7. The summed E-state index contributed by atoms with van der Waals surface area (Å²) in [7, 11) is 1.62. The molecule has 0 spiro atoms. The van der Waals surface area contributed by atoms with Gasteiger partial charge in [0.1, 0.15) is 5.75 Å². The van der Waals surface area contributed by atoms with Crippen LogP contribution in [-0.2, 0) is 11.3 Å². The molecule has 5 heteroatoms. The average Bonchev–Trinajstić information content (AvgIpc) is 2.34. The Hall–Kier alpha value is -1.59. The molecule has 0 atom stereocenters. The molecule has 1 aliphatic heterocycles. The summed E-state index contributed by atoms with van der Waals surface area (Å²) in [5.41, 5.74) is 0.371. The lowest BCUT2D eigenvalue weighted by atomic mass is 9.97. The highest BCUT2D eigenvalue weighted by atomic mass is 16.5. The zero-order chi connectivity index (χ0) is 13.9. The van der Waals surface area contributed by atoms with Crippen LogP contribution in [0.2, 0.25) is 0 Å². The molecule has 1 saturated heterocycles. The van der Waals surface area contributed by atoms with Crippen molar-refractivity contribution >= 4 is 5.91 Å². The summed E-state index contributed by atoms with van der Waals surface area (Å²) in [4.78, 5) is 13.6. The molecule has 5 nitrogen and oxygen atoms in total. The maximum Gasteiger partial charge on any atom is 0.234 e. The van der Waals surface area contributed by atoms with Crippen LogP contribution in [0.15, 0.2) is 24.3 Å². The van der Waals surface area contributed by atoms with Crippen LogP contribution in [0, 0.1) is 0 Å². The molecule has 19 heavy (non-hydrogen) atoms. The third kappa shape index (κ3) is 3.94. The van der Waals surface area contributed by atoms with Crippen LogP contribution in [0.1, 0.15) is 12.5 Å². The first kappa shape index (κ1) is 13.8. The highest BCUT2D eigenvalue weighted by molar-refractivity contribution is 5.78. The highest BCUT2D eigenvalue weighted by Crippen LogP contribution is 2.18. The van der Waals surface area contributed by atoms with Crippen molar-refractivity contribution in [2.75, 3.05) is 26.7 Å². The predicted molar refractivity (Wildman–Crippen MR) is 71.9 cm³/mol. The second kappa shape index (κ2) is 5.59. The molecular weight excluding hydrogens is 244 g/mol. The second-order valence-corrected chi connectivity index (χ2v) is 5.27. The predicted octanol–water partition coefficient (Wildman–Crippen LogP) is 0.378. The van der Waals surface area contributed by atoms with Crippen molar-refractivity contribution in [1.29, 1.82) is 0 Å². The molecule has 1 fully saturated rings. The largest absolute Gasteiger partial charge is 0.497 e. The van der Waals surface area contributed by atoms with Gasteiger partial charge in [-0.15, -0.1) is 0 Å². The summed E-state index contributed by atoms with van der Waals surface area (Å²) < 4.78 is 5.13. The van der Waals surface area contributed by atoms with Gasteiger partial charge in [-0.1, -0.05) is 12.1 Å². The number of benzene rings is 1. The summed E-state index contributed by atoms with van der Waals surface area (Å²) in [5, 5.41) is 12.4. The van der Waals surface area contributed by atoms with E-state index in [1.807, 2.05) is 29.2 Å². The molecule has 0 aliphatic carbocycles.